The van der Waals surface area contributed by atoms with Gasteiger partial charge in [-0.2, -0.15) is 0 Å². The lowest BCUT2D eigenvalue weighted by molar-refractivity contribution is -0.116. The van der Waals surface area contributed by atoms with E-state index < -0.39 is 21.5 Å². The Kier molecular flexibility index (Phi) is 11.8. The topological polar surface area (TPSA) is 176 Å². The molecule has 1 spiro atoms. The van der Waals surface area contributed by atoms with Crippen LogP contribution in [0, 0.1) is 16.2 Å². The van der Waals surface area contributed by atoms with Gasteiger partial charge in [0.05, 0.1) is 41.8 Å². The number of nitrogens with one attached hydrogen (secondary N) is 2. The first-order valence-corrected chi connectivity index (χ1v) is 24.9. The molecule has 3 N–H and O–H groups in total. The number of hydrogen-bond acceptors (Lipinski definition) is 13. The fourth-order valence-electron chi connectivity index (χ4n) is 10.9. The van der Waals surface area contributed by atoms with Crippen molar-refractivity contribution in [1.82, 2.24) is 19.6 Å². The third kappa shape index (κ3) is 9.30. The van der Waals surface area contributed by atoms with Crippen LogP contribution >= 0.6 is 0 Å². The summed E-state index contributed by atoms with van der Waals surface area (Å²) in [7, 11) is -4.50. The zero-order valence-corrected chi connectivity index (χ0v) is 38.1. The highest BCUT2D eigenvalue weighted by atomic mass is 32.2. The van der Waals surface area contributed by atoms with Gasteiger partial charge in [0.2, 0.25) is 0 Å². The molecule has 1 unspecified atom stereocenters. The molecular weight excluding hydrogens is 843 g/mol. The zero-order chi connectivity index (χ0) is 44.9. The maximum Gasteiger partial charge on any atom is 0.268 e. The Morgan fingerprint density at radius 3 is 2.51 bits per heavy atom. The second-order valence-corrected chi connectivity index (χ2v) is 21.5. The van der Waals surface area contributed by atoms with E-state index in [0.29, 0.717) is 37.1 Å². The van der Waals surface area contributed by atoms with Crippen molar-refractivity contribution in [1.29, 1.82) is 0 Å². The molecule has 2 aliphatic heterocycles. The van der Waals surface area contributed by atoms with Crippen molar-refractivity contribution in [3.8, 4) is 11.5 Å². The van der Waals surface area contributed by atoms with Crippen LogP contribution in [0.15, 0.2) is 83.1 Å². The average Bonchev–Trinajstić information content (AvgIpc) is 4.04. The second kappa shape index (κ2) is 17.5. The van der Waals surface area contributed by atoms with E-state index in [1.54, 1.807) is 12.3 Å². The number of aliphatic hydroxyl groups is 1. The van der Waals surface area contributed by atoms with Crippen LogP contribution in [0.5, 0.6) is 11.5 Å². The summed E-state index contributed by atoms with van der Waals surface area (Å²) in [5.41, 5.74) is 5.12. The number of pyridine rings is 2. The van der Waals surface area contributed by atoms with E-state index in [0.717, 1.165) is 87.6 Å². The Morgan fingerprint density at radius 1 is 0.985 bits per heavy atom. The fourth-order valence-corrected chi connectivity index (χ4v) is 11.9. The van der Waals surface area contributed by atoms with E-state index in [-0.39, 0.29) is 51.2 Å². The third-order valence-electron chi connectivity index (χ3n) is 15.0. The first kappa shape index (κ1) is 43.7. The number of morpholine rings is 1. The number of carbonyl (C=O) groups is 1. The van der Waals surface area contributed by atoms with E-state index in [2.05, 4.69) is 66.2 Å². The van der Waals surface area contributed by atoms with E-state index in [1.807, 2.05) is 37.3 Å². The number of aromatic nitrogens is 2. The molecule has 14 nitrogen and oxygen atoms in total. The monoisotopic (exact) mass is 901 g/mol. The largest absolute Gasteiger partial charge is 0.455 e. The van der Waals surface area contributed by atoms with Crippen LogP contribution < -0.4 is 19.7 Å². The summed E-state index contributed by atoms with van der Waals surface area (Å²) in [6.45, 7) is 7.89. The van der Waals surface area contributed by atoms with Gasteiger partial charge in [-0.15, -0.1) is 4.91 Å². The Labute approximate surface area is 381 Å². The fraction of sp³-hybridized carbons (Fsp3) is 0.500. The molecule has 15 heteroatoms. The standard InChI is InChI=1S/C50H59N7O7S/c1-32-30-57(45(31-63-32)41-8-4-3-7-40(41)34-10-11-34)37-25-50(26-37)18-20-56(21-19-50)36-12-13-42(46(23-36)64-38-22-35-6-5-9-43(35)51-28-38)48(58)55-65(61,62)39-24-44(54-60)47(53-29-39)52-27-33-14-16-49(2,59)17-15-33/h3-8,12-13,22-24,28-29,32-34,37,45,59H,9-11,14-21,25-27,30-31H2,1-2H3,(H,52,53)(H,55,58)/t32?,33?,45-,49?/m1/s1. The Morgan fingerprint density at radius 2 is 1.75 bits per heavy atom. The zero-order valence-electron chi connectivity index (χ0n) is 37.2. The van der Waals surface area contributed by atoms with E-state index in [4.69, 9.17) is 9.47 Å². The summed E-state index contributed by atoms with van der Waals surface area (Å²) < 4.78 is 42.3. The average molecular weight is 902 g/mol. The van der Waals surface area contributed by atoms with E-state index in [9.17, 15) is 23.2 Å². The first-order chi connectivity index (χ1) is 31.3. The van der Waals surface area contributed by atoms with Gasteiger partial charge in [-0.25, -0.2) is 18.1 Å². The number of benzene rings is 2. The van der Waals surface area contributed by atoms with Crippen LogP contribution in [0.2, 0.25) is 0 Å². The lowest BCUT2D eigenvalue weighted by Gasteiger charge is -2.58. The number of nitroso groups, excluding NO2 is 1. The lowest BCUT2D eigenvalue weighted by Crippen LogP contribution is -2.59. The smallest absolute Gasteiger partial charge is 0.268 e. The summed E-state index contributed by atoms with van der Waals surface area (Å²) in [4.78, 5) is 39.4. The highest BCUT2D eigenvalue weighted by molar-refractivity contribution is 7.90. The SMILES string of the molecule is CC1CN(C2CC3(CCN(c4ccc(C(=O)NS(=O)(=O)c5cnc(NCC6CCC(C)(O)CC6)c(N=O)c5)c(Oc5cnc6c(c5)C=CC6)c4)CC3)C2)[C@@H](c2ccccc2C2CC2)CO1. The van der Waals surface area contributed by atoms with Crippen LogP contribution in [0.3, 0.4) is 0 Å². The van der Waals surface area contributed by atoms with Gasteiger partial charge in [0.1, 0.15) is 16.4 Å². The highest BCUT2D eigenvalue weighted by Crippen LogP contribution is 2.54. The summed E-state index contributed by atoms with van der Waals surface area (Å²) in [6, 6.07) is 18.1. The number of piperidine rings is 1. The molecule has 3 saturated carbocycles. The number of hydrogen-bond donors (Lipinski definition) is 3. The molecule has 0 bridgehead atoms. The molecule has 4 aromatic rings. The number of allylic oxidation sites excluding steroid dienone is 1. The van der Waals surface area contributed by atoms with Crippen LogP contribution in [0.25, 0.3) is 6.08 Å². The predicted octanol–water partition coefficient (Wildman–Crippen LogP) is 8.80. The maximum atomic E-state index is 14.0. The number of nitrogens with zero attached hydrogens (tertiary/aromatic N) is 5. The van der Waals surface area contributed by atoms with Crippen molar-refractivity contribution < 1.29 is 27.8 Å². The summed E-state index contributed by atoms with van der Waals surface area (Å²) >= 11 is 0. The Bertz CT molecular complexity index is 2590. The number of fused-ring (bicyclic) bond motifs is 1. The minimum atomic E-state index is -4.50. The van der Waals surface area contributed by atoms with Gasteiger partial charge >= 0.3 is 0 Å². The van der Waals surface area contributed by atoms with Gasteiger partial charge in [0.15, 0.2) is 11.5 Å². The molecule has 0 radical (unpaired) electrons. The van der Waals surface area contributed by atoms with E-state index in [1.165, 1.54) is 36.8 Å². The molecule has 2 aromatic carbocycles. The van der Waals surface area contributed by atoms with Crippen LogP contribution in [0.4, 0.5) is 17.2 Å². The molecular formula is C50H59N7O7S. The molecule has 6 aliphatic rings. The van der Waals surface area contributed by atoms with Gasteiger partial charge in [-0.1, -0.05) is 36.4 Å². The highest BCUT2D eigenvalue weighted by Gasteiger charge is 2.50. The number of carbonyl (C=O) groups excluding carboxylic acids is 1. The third-order valence-corrected chi connectivity index (χ3v) is 16.3. The van der Waals surface area contributed by atoms with Gasteiger partial charge in [0.25, 0.3) is 15.9 Å². The molecule has 1 amide bonds. The molecule has 5 fully saturated rings. The normalized spacial score (nSPS) is 25.5. The molecule has 4 heterocycles. The van der Waals surface area contributed by atoms with Gasteiger partial charge < -0.3 is 24.8 Å². The van der Waals surface area contributed by atoms with Crippen molar-refractivity contribution in [2.24, 2.45) is 16.5 Å². The molecule has 2 atom stereocenters. The molecule has 4 aliphatic carbocycles. The van der Waals surface area contributed by atoms with Gasteiger partial charge in [0, 0.05) is 56.6 Å². The van der Waals surface area contributed by atoms with Crippen molar-refractivity contribution >= 4 is 39.2 Å². The predicted molar refractivity (Wildman–Crippen MR) is 249 cm³/mol. The number of rotatable bonds is 13. The van der Waals surface area contributed by atoms with Crippen molar-refractivity contribution in [3.05, 3.63) is 106 Å². The van der Waals surface area contributed by atoms with Crippen molar-refractivity contribution in [3.63, 3.8) is 0 Å². The molecule has 342 valence electrons. The molecule has 10 rings (SSSR count). The summed E-state index contributed by atoms with van der Waals surface area (Å²) in [5, 5.41) is 16.5. The van der Waals surface area contributed by atoms with Crippen molar-refractivity contribution in [2.75, 3.05) is 43.0 Å². The summed E-state index contributed by atoms with van der Waals surface area (Å²) in [6.07, 6.45) is 17.6. The first-order valence-electron chi connectivity index (χ1n) is 23.4. The quantitative estimate of drug-likeness (QED) is 0.109. The Balaban J connectivity index is 0.829. The minimum absolute atomic E-state index is 0.0210. The van der Waals surface area contributed by atoms with Crippen LogP contribution in [-0.2, 0) is 21.2 Å². The number of ether oxygens (including phenoxy) is 2. The molecule has 2 aromatic heterocycles. The van der Waals surface area contributed by atoms with Gasteiger partial charge in [-0.3, -0.25) is 14.7 Å². The van der Waals surface area contributed by atoms with E-state index >= 15 is 0 Å². The minimum Gasteiger partial charge on any atom is -0.455 e. The molecule has 65 heavy (non-hydrogen) atoms. The van der Waals surface area contributed by atoms with Crippen LogP contribution in [-0.4, -0.2) is 84.8 Å². The van der Waals surface area contributed by atoms with Crippen molar-refractivity contribution in [2.45, 2.75) is 119 Å². The Hall–Kier alpha value is -5.22. The van der Waals surface area contributed by atoms with Crippen LogP contribution in [0.1, 0.15) is 123 Å². The maximum absolute atomic E-state index is 14.0. The number of sulfonamides is 1. The lowest BCUT2D eigenvalue weighted by atomic mass is 9.59. The second-order valence-electron chi connectivity index (χ2n) is 19.8. The molecule has 2 saturated heterocycles. The summed E-state index contributed by atoms with van der Waals surface area (Å²) in [5.74, 6) is 0.811. The van der Waals surface area contributed by atoms with Gasteiger partial charge in [-0.05, 0) is 141 Å². The number of amides is 1. The number of anilines is 2.